The minimum absolute atomic E-state index is 0.864. The maximum Gasteiger partial charge on any atom is 0.583 e. The third kappa shape index (κ3) is 23.4. The van der Waals surface area contributed by atoms with Crippen molar-refractivity contribution < 1.29 is 18.5 Å². The second-order valence-electron chi connectivity index (χ2n) is 7.95. The van der Waals surface area contributed by atoms with Crippen molar-refractivity contribution in [2.24, 2.45) is 0 Å². The topological polar surface area (TPSA) is 55.8 Å². The molecule has 0 aromatic carbocycles. The fraction of sp³-hybridized carbons (Fsp3) is 0.833. The summed E-state index contributed by atoms with van der Waals surface area (Å²) in [6.45, 7) is 4.47. The van der Waals surface area contributed by atoms with E-state index in [1.54, 1.807) is 12.2 Å². The first-order valence-electron chi connectivity index (χ1n) is 12.1. The molecule has 172 valence electrons. The van der Waals surface area contributed by atoms with Gasteiger partial charge >= 0.3 is 7.82 Å². The van der Waals surface area contributed by atoms with Crippen LogP contribution in [-0.4, -0.2) is 4.89 Å². The monoisotopic (exact) mass is 430 g/mol. The molecule has 0 saturated carbocycles. The molecule has 0 bridgehead atoms. The van der Waals surface area contributed by atoms with Crippen LogP contribution in [-0.2, 0) is 13.6 Å². The quantitative estimate of drug-likeness (QED) is 0.106. The van der Waals surface area contributed by atoms with Gasteiger partial charge in [0.15, 0.2) is 0 Å². The molecule has 0 aliphatic heterocycles. The van der Waals surface area contributed by atoms with Crippen LogP contribution in [0.2, 0.25) is 0 Å². The molecule has 0 aliphatic rings. The normalized spacial score (nSPS) is 13.9. The van der Waals surface area contributed by atoms with Gasteiger partial charge in [-0.15, -0.1) is 0 Å². The van der Waals surface area contributed by atoms with E-state index in [9.17, 15) is 9.46 Å². The lowest BCUT2D eigenvalue weighted by Gasteiger charge is -2.07. The third-order valence-corrected chi connectivity index (χ3v) is 5.81. The van der Waals surface area contributed by atoms with Crippen molar-refractivity contribution in [3.05, 3.63) is 24.7 Å². The highest BCUT2D eigenvalue weighted by molar-refractivity contribution is 7.47. The van der Waals surface area contributed by atoms with Gasteiger partial charge in [-0.1, -0.05) is 104 Å². The van der Waals surface area contributed by atoms with E-state index < -0.39 is 7.82 Å². The molecule has 0 heterocycles. The molecule has 0 radical (unpaired) electrons. The van der Waals surface area contributed by atoms with E-state index in [4.69, 9.17) is 9.05 Å². The third-order valence-electron chi connectivity index (χ3n) is 5.03. The predicted molar refractivity (Wildman–Crippen MR) is 125 cm³/mol. The lowest BCUT2D eigenvalue weighted by molar-refractivity contribution is 0.243. The maximum absolute atomic E-state index is 11.7. The van der Waals surface area contributed by atoms with Crippen molar-refractivity contribution >= 4 is 7.82 Å². The summed E-state index contributed by atoms with van der Waals surface area (Å²) >= 11 is 0. The summed E-state index contributed by atoms with van der Waals surface area (Å²) in [7, 11) is -4.02. The molecule has 0 aromatic rings. The molecule has 0 saturated heterocycles. The van der Waals surface area contributed by atoms with E-state index >= 15 is 0 Å². The van der Waals surface area contributed by atoms with E-state index in [2.05, 4.69) is 13.8 Å². The van der Waals surface area contributed by atoms with E-state index in [1.165, 1.54) is 102 Å². The van der Waals surface area contributed by atoms with Crippen LogP contribution in [0.1, 0.15) is 129 Å². The molecule has 1 N–H and O–H groups in total. The Bertz CT molecular complexity index is 399. The van der Waals surface area contributed by atoms with Crippen LogP contribution in [0.3, 0.4) is 0 Å². The molecule has 0 aromatic heterocycles. The molecule has 0 rings (SSSR count). The molecule has 0 fully saturated rings. The molecule has 0 amide bonds. The number of phosphoric ester groups is 1. The van der Waals surface area contributed by atoms with E-state index in [-0.39, 0.29) is 0 Å². The number of hydrogen-bond acceptors (Lipinski definition) is 3. The Balaban J connectivity index is 3.52. The van der Waals surface area contributed by atoms with Gasteiger partial charge in [0.2, 0.25) is 0 Å². The Morgan fingerprint density at radius 2 is 0.897 bits per heavy atom. The lowest BCUT2D eigenvalue weighted by Crippen LogP contribution is -1.85. The van der Waals surface area contributed by atoms with Crippen LogP contribution >= 0.6 is 7.82 Å². The maximum atomic E-state index is 11.7. The van der Waals surface area contributed by atoms with Crippen LogP contribution in [0.4, 0.5) is 0 Å². The van der Waals surface area contributed by atoms with Crippen molar-refractivity contribution in [3.8, 4) is 0 Å². The summed E-state index contributed by atoms with van der Waals surface area (Å²) in [6.07, 6.45) is 28.3. The van der Waals surface area contributed by atoms with Crippen LogP contribution in [0.5, 0.6) is 0 Å². The van der Waals surface area contributed by atoms with Gasteiger partial charge in [-0.3, -0.25) is 4.89 Å². The van der Waals surface area contributed by atoms with Crippen molar-refractivity contribution in [1.82, 2.24) is 0 Å². The smallest absolute Gasteiger partial charge is 0.404 e. The molecular weight excluding hydrogens is 383 g/mol. The van der Waals surface area contributed by atoms with Gasteiger partial charge in [-0.2, -0.15) is 0 Å². The van der Waals surface area contributed by atoms with Crippen LogP contribution in [0.15, 0.2) is 24.7 Å². The highest BCUT2D eigenvalue weighted by atomic mass is 31.2. The van der Waals surface area contributed by atoms with Gasteiger partial charge in [-0.25, -0.2) is 4.57 Å². The zero-order valence-electron chi connectivity index (χ0n) is 19.2. The van der Waals surface area contributed by atoms with Gasteiger partial charge in [0, 0.05) is 0 Å². The van der Waals surface area contributed by atoms with Gasteiger partial charge in [0.1, 0.15) is 0 Å². The molecule has 4 nitrogen and oxygen atoms in total. The summed E-state index contributed by atoms with van der Waals surface area (Å²) in [6, 6.07) is 0. The highest BCUT2D eigenvalue weighted by Crippen LogP contribution is 2.43. The Morgan fingerprint density at radius 1 is 0.586 bits per heavy atom. The number of phosphoric acid groups is 1. The minimum atomic E-state index is -4.02. The highest BCUT2D eigenvalue weighted by Gasteiger charge is 2.19. The molecule has 5 heteroatoms. The fourth-order valence-electron chi connectivity index (χ4n) is 3.19. The van der Waals surface area contributed by atoms with Gasteiger partial charge < -0.3 is 9.05 Å². The van der Waals surface area contributed by atoms with E-state index in [0.29, 0.717) is 0 Å². The summed E-state index contributed by atoms with van der Waals surface area (Å²) in [4.78, 5) is 9.61. The largest absolute Gasteiger partial charge is 0.583 e. The van der Waals surface area contributed by atoms with Crippen molar-refractivity contribution in [2.75, 3.05) is 0 Å². The summed E-state index contributed by atoms with van der Waals surface area (Å²) in [5, 5.41) is 0. The zero-order valence-corrected chi connectivity index (χ0v) is 20.1. The standard InChI is InChI=1S/C24H47O4P/c1-3-5-7-9-11-13-15-17-19-21-23-27-29(25,26)28-24-22-20-18-16-14-12-10-8-6-4-2/h21-24H,3-20H2,1-2H3,(H,25,26). The second kappa shape index (κ2) is 22.0. The summed E-state index contributed by atoms with van der Waals surface area (Å²) in [5.41, 5.74) is 0. The Kier molecular flexibility index (Phi) is 21.4. The number of allylic oxidation sites excluding steroid dienone is 2. The van der Waals surface area contributed by atoms with Gasteiger partial charge in [-0.05, 0) is 37.8 Å². The van der Waals surface area contributed by atoms with Gasteiger partial charge in [0.05, 0.1) is 12.5 Å². The number of unbranched alkanes of at least 4 members (excludes halogenated alkanes) is 16. The lowest BCUT2D eigenvalue weighted by atomic mass is 10.1. The molecule has 0 aliphatic carbocycles. The number of hydrogen-bond donors (Lipinski definition) is 1. The van der Waals surface area contributed by atoms with Gasteiger partial charge in [0.25, 0.3) is 0 Å². The van der Waals surface area contributed by atoms with Crippen LogP contribution in [0, 0.1) is 0 Å². The Morgan fingerprint density at radius 3 is 1.24 bits per heavy atom. The molecule has 0 unspecified atom stereocenters. The summed E-state index contributed by atoms with van der Waals surface area (Å²) in [5.74, 6) is 0. The minimum Gasteiger partial charge on any atom is -0.404 e. The molecule has 0 atom stereocenters. The van der Waals surface area contributed by atoms with Crippen molar-refractivity contribution in [3.63, 3.8) is 0 Å². The first-order valence-corrected chi connectivity index (χ1v) is 13.6. The molecule has 29 heavy (non-hydrogen) atoms. The summed E-state index contributed by atoms with van der Waals surface area (Å²) < 4.78 is 21.4. The average Bonchev–Trinajstić information content (AvgIpc) is 2.70. The molecule has 0 spiro atoms. The SMILES string of the molecule is CCCCCCCCCCC=COP(=O)(O)OC=CCCCCCCCCCC. The predicted octanol–water partition coefficient (Wildman–Crippen LogP) is 9.21. The first kappa shape index (κ1) is 28.3. The Hall–Kier alpha value is -0.730. The van der Waals surface area contributed by atoms with Crippen molar-refractivity contribution in [2.45, 2.75) is 129 Å². The van der Waals surface area contributed by atoms with E-state index in [1.807, 2.05) is 0 Å². The first-order chi connectivity index (χ1) is 14.1. The molecular formula is C24H47O4P. The zero-order chi connectivity index (χ0) is 21.5. The fourth-order valence-corrected chi connectivity index (χ4v) is 3.72. The van der Waals surface area contributed by atoms with Crippen LogP contribution < -0.4 is 0 Å². The second-order valence-corrected chi connectivity index (χ2v) is 9.31. The number of rotatable bonds is 22. The Labute approximate surface area is 180 Å². The van der Waals surface area contributed by atoms with Crippen LogP contribution in [0.25, 0.3) is 0 Å². The van der Waals surface area contributed by atoms with Crippen molar-refractivity contribution in [1.29, 1.82) is 0 Å². The average molecular weight is 431 g/mol. The van der Waals surface area contributed by atoms with E-state index in [0.717, 1.165) is 25.7 Å².